The highest BCUT2D eigenvalue weighted by Gasteiger charge is 2.21. The Morgan fingerprint density at radius 3 is 2.61 bits per heavy atom. The minimum Gasteiger partial charge on any atom is -0.497 e. The van der Waals surface area contributed by atoms with Gasteiger partial charge in [0.1, 0.15) is 11.6 Å². The summed E-state index contributed by atoms with van der Waals surface area (Å²) in [4.78, 5) is 8.82. The van der Waals surface area contributed by atoms with Crippen molar-refractivity contribution in [3.05, 3.63) is 36.5 Å². The molecule has 1 saturated carbocycles. The first-order chi connectivity index (χ1) is 8.85. The lowest BCUT2D eigenvalue weighted by Crippen LogP contribution is -2.03. The van der Waals surface area contributed by atoms with Gasteiger partial charge in [0.25, 0.3) is 0 Å². The average molecular weight is 241 g/mol. The van der Waals surface area contributed by atoms with E-state index in [0.717, 1.165) is 23.0 Å². The van der Waals surface area contributed by atoms with E-state index in [2.05, 4.69) is 15.3 Å². The zero-order valence-corrected chi connectivity index (χ0v) is 10.3. The molecule has 0 atom stereocenters. The average Bonchev–Trinajstić information content (AvgIpc) is 3.23. The molecule has 1 aromatic heterocycles. The van der Waals surface area contributed by atoms with E-state index in [-0.39, 0.29) is 0 Å². The molecular formula is C14H15N3O. The molecular weight excluding hydrogens is 226 g/mol. The number of hydrogen-bond donors (Lipinski definition) is 1. The number of rotatable bonds is 4. The highest BCUT2D eigenvalue weighted by Crippen LogP contribution is 2.25. The van der Waals surface area contributed by atoms with Gasteiger partial charge in [-0.15, -0.1) is 0 Å². The molecule has 1 aliphatic carbocycles. The van der Waals surface area contributed by atoms with Gasteiger partial charge in [-0.1, -0.05) is 0 Å². The number of benzene rings is 1. The Morgan fingerprint density at radius 1 is 1.17 bits per heavy atom. The minimum absolute atomic E-state index is 0.601. The van der Waals surface area contributed by atoms with Crippen LogP contribution in [0.4, 0.5) is 5.82 Å². The summed E-state index contributed by atoms with van der Waals surface area (Å²) in [5, 5.41) is 3.37. The topological polar surface area (TPSA) is 47.0 Å². The number of anilines is 1. The summed E-state index contributed by atoms with van der Waals surface area (Å²) in [6.07, 6.45) is 4.26. The highest BCUT2D eigenvalue weighted by molar-refractivity contribution is 5.58. The number of nitrogens with one attached hydrogen (secondary N) is 1. The van der Waals surface area contributed by atoms with Crippen LogP contribution in [0.3, 0.4) is 0 Å². The van der Waals surface area contributed by atoms with Gasteiger partial charge in [-0.2, -0.15) is 0 Å². The molecule has 2 aromatic rings. The summed E-state index contributed by atoms with van der Waals surface area (Å²) >= 11 is 0. The van der Waals surface area contributed by atoms with Crippen molar-refractivity contribution in [3.63, 3.8) is 0 Å². The summed E-state index contributed by atoms with van der Waals surface area (Å²) in [7, 11) is 1.66. The second kappa shape index (κ2) is 4.64. The summed E-state index contributed by atoms with van der Waals surface area (Å²) < 4.78 is 5.14. The molecule has 1 fully saturated rings. The van der Waals surface area contributed by atoms with E-state index in [1.807, 2.05) is 30.3 Å². The molecule has 0 saturated heterocycles. The second-order valence-corrected chi connectivity index (χ2v) is 4.41. The molecule has 0 bridgehead atoms. The third-order valence-corrected chi connectivity index (χ3v) is 2.93. The zero-order chi connectivity index (χ0) is 12.4. The van der Waals surface area contributed by atoms with Crippen molar-refractivity contribution < 1.29 is 4.74 Å². The number of hydrogen-bond acceptors (Lipinski definition) is 4. The van der Waals surface area contributed by atoms with E-state index >= 15 is 0 Å². The maximum absolute atomic E-state index is 5.14. The van der Waals surface area contributed by atoms with Crippen molar-refractivity contribution in [2.45, 2.75) is 18.9 Å². The first-order valence-corrected chi connectivity index (χ1v) is 6.09. The maximum atomic E-state index is 5.14. The Bertz CT molecular complexity index is 535. The van der Waals surface area contributed by atoms with E-state index in [4.69, 9.17) is 4.74 Å². The standard InChI is InChI=1S/C14H15N3O/c1-18-12-6-2-10(3-7-12)14-15-9-8-13(17-14)16-11-4-5-11/h2-3,6-9,11H,4-5H2,1H3,(H,15,16,17). The van der Waals surface area contributed by atoms with Crippen LogP contribution in [0.25, 0.3) is 11.4 Å². The summed E-state index contributed by atoms with van der Waals surface area (Å²) in [6, 6.07) is 10.3. The van der Waals surface area contributed by atoms with Crippen molar-refractivity contribution in [2.24, 2.45) is 0 Å². The molecule has 18 heavy (non-hydrogen) atoms. The molecule has 0 radical (unpaired) electrons. The van der Waals surface area contributed by atoms with Gasteiger partial charge in [-0.25, -0.2) is 9.97 Å². The van der Waals surface area contributed by atoms with Crippen LogP contribution in [-0.2, 0) is 0 Å². The van der Waals surface area contributed by atoms with Crippen LogP contribution in [0, 0.1) is 0 Å². The summed E-state index contributed by atoms with van der Waals surface area (Å²) in [6.45, 7) is 0. The van der Waals surface area contributed by atoms with Crippen LogP contribution < -0.4 is 10.1 Å². The van der Waals surface area contributed by atoms with E-state index in [1.54, 1.807) is 13.3 Å². The second-order valence-electron chi connectivity index (χ2n) is 4.41. The SMILES string of the molecule is COc1ccc(-c2nccc(NC3CC3)n2)cc1. The monoisotopic (exact) mass is 241 g/mol. The zero-order valence-electron chi connectivity index (χ0n) is 10.3. The van der Waals surface area contributed by atoms with Crippen molar-refractivity contribution in [2.75, 3.05) is 12.4 Å². The third-order valence-electron chi connectivity index (χ3n) is 2.93. The first-order valence-electron chi connectivity index (χ1n) is 6.09. The van der Waals surface area contributed by atoms with Gasteiger partial charge < -0.3 is 10.1 Å². The van der Waals surface area contributed by atoms with Crippen LogP contribution in [0.2, 0.25) is 0 Å². The van der Waals surface area contributed by atoms with Gasteiger partial charge in [-0.3, -0.25) is 0 Å². The van der Waals surface area contributed by atoms with E-state index < -0.39 is 0 Å². The number of nitrogens with zero attached hydrogens (tertiary/aromatic N) is 2. The fraction of sp³-hybridized carbons (Fsp3) is 0.286. The Hall–Kier alpha value is -2.10. The van der Waals surface area contributed by atoms with Crippen LogP contribution in [0.15, 0.2) is 36.5 Å². The van der Waals surface area contributed by atoms with Gasteiger partial charge in [0, 0.05) is 17.8 Å². The smallest absolute Gasteiger partial charge is 0.161 e. The minimum atomic E-state index is 0.601. The predicted octanol–water partition coefficient (Wildman–Crippen LogP) is 2.73. The number of ether oxygens (including phenoxy) is 1. The quantitative estimate of drug-likeness (QED) is 0.894. The number of aromatic nitrogens is 2. The van der Waals surface area contributed by atoms with Gasteiger partial charge in [-0.05, 0) is 43.2 Å². The molecule has 0 aliphatic heterocycles. The van der Waals surface area contributed by atoms with Crippen LogP contribution in [-0.4, -0.2) is 23.1 Å². The van der Waals surface area contributed by atoms with Crippen LogP contribution in [0.5, 0.6) is 5.75 Å². The molecule has 0 spiro atoms. The normalized spacial score (nSPS) is 14.3. The summed E-state index contributed by atoms with van der Waals surface area (Å²) in [5.74, 6) is 2.48. The maximum Gasteiger partial charge on any atom is 0.161 e. The van der Waals surface area contributed by atoms with Crippen molar-refractivity contribution in [1.29, 1.82) is 0 Å². The van der Waals surface area contributed by atoms with Crippen LogP contribution in [0.1, 0.15) is 12.8 Å². The van der Waals surface area contributed by atoms with Crippen LogP contribution >= 0.6 is 0 Å². The number of methoxy groups -OCH3 is 1. The van der Waals surface area contributed by atoms with Gasteiger partial charge in [0.2, 0.25) is 0 Å². The van der Waals surface area contributed by atoms with E-state index in [0.29, 0.717) is 6.04 Å². The molecule has 3 rings (SSSR count). The Morgan fingerprint density at radius 2 is 1.94 bits per heavy atom. The molecule has 0 unspecified atom stereocenters. The molecule has 4 heteroatoms. The Kier molecular flexibility index (Phi) is 2.84. The molecule has 1 aliphatic rings. The first kappa shape index (κ1) is 11.0. The van der Waals surface area contributed by atoms with Crippen molar-refractivity contribution >= 4 is 5.82 Å². The third kappa shape index (κ3) is 2.42. The molecule has 0 amide bonds. The lowest BCUT2D eigenvalue weighted by molar-refractivity contribution is 0.415. The lowest BCUT2D eigenvalue weighted by atomic mass is 10.2. The Labute approximate surface area is 106 Å². The molecule has 92 valence electrons. The van der Waals surface area contributed by atoms with Gasteiger partial charge in [0.15, 0.2) is 5.82 Å². The molecule has 1 heterocycles. The van der Waals surface area contributed by atoms with Gasteiger partial charge in [0.05, 0.1) is 7.11 Å². The van der Waals surface area contributed by atoms with Crippen molar-refractivity contribution in [3.8, 4) is 17.1 Å². The van der Waals surface area contributed by atoms with E-state index in [9.17, 15) is 0 Å². The van der Waals surface area contributed by atoms with Crippen molar-refractivity contribution in [1.82, 2.24) is 9.97 Å². The largest absolute Gasteiger partial charge is 0.497 e. The lowest BCUT2D eigenvalue weighted by Gasteiger charge is -2.06. The van der Waals surface area contributed by atoms with Gasteiger partial charge >= 0.3 is 0 Å². The molecule has 4 nitrogen and oxygen atoms in total. The van der Waals surface area contributed by atoms with E-state index in [1.165, 1.54) is 12.8 Å². The highest BCUT2D eigenvalue weighted by atomic mass is 16.5. The molecule has 1 aromatic carbocycles. The fourth-order valence-corrected chi connectivity index (χ4v) is 1.76. The fourth-order valence-electron chi connectivity index (χ4n) is 1.76. The Balaban J connectivity index is 1.84. The predicted molar refractivity (Wildman–Crippen MR) is 70.7 cm³/mol. The molecule has 1 N–H and O–H groups in total. The summed E-state index contributed by atoms with van der Waals surface area (Å²) in [5.41, 5.74) is 0.996.